The molecule has 0 aliphatic heterocycles. The van der Waals surface area contributed by atoms with Gasteiger partial charge in [0.25, 0.3) is 5.91 Å². The highest BCUT2D eigenvalue weighted by Crippen LogP contribution is 2.18. The van der Waals surface area contributed by atoms with Crippen molar-refractivity contribution in [1.82, 2.24) is 10.3 Å². The SMILES string of the molecule is CC(C)c1csc(CCNC(=O)c2cc(S(N)(=O)=O)ccc2F)n1. The minimum absolute atomic E-state index is 0.267. The second-order valence-electron chi connectivity index (χ2n) is 5.51. The molecule has 9 heteroatoms. The number of thiazole rings is 1. The summed E-state index contributed by atoms with van der Waals surface area (Å²) in [6.45, 7) is 4.35. The van der Waals surface area contributed by atoms with Crippen molar-refractivity contribution >= 4 is 27.3 Å². The number of aromatic nitrogens is 1. The molecule has 0 aliphatic rings. The predicted octanol–water partition coefficient (Wildman–Crippen LogP) is 2.03. The van der Waals surface area contributed by atoms with Gasteiger partial charge in [0.15, 0.2) is 0 Å². The highest BCUT2D eigenvalue weighted by atomic mass is 32.2. The number of benzene rings is 1. The lowest BCUT2D eigenvalue weighted by molar-refractivity contribution is 0.0950. The van der Waals surface area contributed by atoms with Crippen LogP contribution in [0.15, 0.2) is 28.5 Å². The largest absolute Gasteiger partial charge is 0.352 e. The van der Waals surface area contributed by atoms with Crippen LogP contribution in [0.25, 0.3) is 0 Å². The van der Waals surface area contributed by atoms with E-state index in [9.17, 15) is 17.6 Å². The van der Waals surface area contributed by atoms with Gasteiger partial charge >= 0.3 is 0 Å². The smallest absolute Gasteiger partial charge is 0.254 e. The number of carbonyl (C=O) groups excluding carboxylic acids is 1. The molecule has 130 valence electrons. The number of halogens is 1. The van der Waals surface area contributed by atoms with Crippen LogP contribution >= 0.6 is 11.3 Å². The third-order valence-electron chi connectivity index (χ3n) is 3.30. The van der Waals surface area contributed by atoms with Crippen molar-refractivity contribution in [1.29, 1.82) is 0 Å². The van der Waals surface area contributed by atoms with Gasteiger partial charge in [-0.2, -0.15) is 0 Å². The molecule has 0 atom stereocenters. The first kappa shape index (κ1) is 18.5. The Labute approximate surface area is 144 Å². The molecule has 0 radical (unpaired) electrons. The van der Waals surface area contributed by atoms with Crippen LogP contribution in [0.3, 0.4) is 0 Å². The van der Waals surface area contributed by atoms with Gasteiger partial charge in [0, 0.05) is 18.3 Å². The summed E-state index contributed by atoms with van der Waals surface area (Å²) in [4.78, 5) is 16.2. The number of carbonyl (C=O) groups is 1. The van der Waals surface area contributed by atoms with Crippen molar-refractivity contribution < 1.29 is 17.6 Å². The first-order valence-corrected chi connectivity index (χ1v) is 9.66. The molecule has 0 aliphatic carbocycles. The monoisotopic (exact) mass is 371 g/mol. The molecule has 2 rings (SSSR count). The zero-order valence-corrected chi connectivity index (χ0v) is 14.9. The zero-order chi connectivity index (χ0) is 17.9. The standard InChI is InChI=1S/C15H18FN3O3S2/c1-9(2)13-8-23-14(19-13)5-6-18-15(20)11-7-10(24(17,21)22)3-4-12(11)16/h3-4,7-9H,5-6H2,1-2H3,(H,18,20)(H2,17,21,22). The van der Waals surface area contributed by atoms with Gasteiger partial charge in [0.05, 0.1) is 21.2 Å². The highest BCUT2D eigenvalue weighted by molar-refractivity contribution is 7.89. The van der Waals surface area contributed by atoms with Crippen LogP contribution in [0.2, 0.25) is 0 Å². The van der Waals surface area contributed by atoms with Crippen LogP contribution < -0.4 is 10.5 Å². The predicted molar refractivity (Wildman–Crippen MR) is 90.0 cm³/mol. The van der Waals surface area contributed by atoms with E-state index >= 15 is 0 Å². The summed E-state index contributed by atoms with van der Waals surface area (Å²) in [5.74, 6) is -1.17. The topological polar surface area (TPSA) is 102 Å². The van der Waals surface area contributed by atoms with Gasteiger partial charge in [-0.3, -0.25) is 4.79 Å². The maximum Gasteiger partial charge on any atom is 0.254 e. The third kappa shape index (κ3) is 4.59. The summed E-state index contributed by atoms with van der Waals surface area (Å²) in [5.41, 5.74) is 0.636. The van der Waals surface area contributed by atoms with E-state index in [0.29, 0.717) is 12.3 Å². The Bertz CT molecular complexity index is 847. The molecule has 0 bridgehead atoms. The van der Waals surface area contributed by atoms with Crippen LogP contribution in [-0.4, -0.2) is 25.9 Å². The van der Waals surface area contributed by atoms with Gasteiger partial charge in [-0.15, -0.1) is 11.3 Å². The molecule has 1 aromatic heterocycles. The van der Waals surface area contributed by atoms with E-state index in [1.165, 1.54) is 11.3 Å². The fraction of sp³-hybridized carbons (Fsp3) is 0.333. The minimum Gasteiger partial charge on any atom is -0.352 e. The Balaban J connectivity index is 2.02. The summed E-state index contributed by atoms with van der Waals surface area (Å²) >= 11 is 1.50. The molecular formula is C15H18FN3O3S2. The Morgan fingerprint density at radius 1 is 1.42 bits per heavy atom. The van der Waals surface area contributed by atoms with Crippen LogP contribution in [0.4, 0.5) is 4.39 Å². The van der Waals surface area contributed by atoms with E-state index in [0.717, 1.165) is 28.9 Å². The molecule has 6 nitrogen and oxygen atoms in total. The Hall–Kier alpha value is -1.84. The number of nitrogens with zero attached hydrogens (tertiary/aromatic N) is 1. The molecule has 0 saturated heterocycles. The van der Waals surface area contributed by atoms with Crippen molar-refractivity contribution in [3.05, 3.63) is 45.7 Å². The molecule has 1 heterocycles. The molecule has 0 saturated carbocycles. The third-order valence-corrected chi connectivity index (χ3v) is 5.13. The van der Waals surface area contributed by atoms with Crippen LogP contribution in [0.1, 0.15) is 40.8 Å². The van der Waals surface area contributed by atoms with Crippen molar-refractivity contribution in [3.8, 4) is 0 Å². The van der Waals surface area contributed by atoms with E-state index in [1.807, 2.05) is 19.2 Å². The number of rotatable bonds is 6. The van der Waals surface area contributed by atoms with Gasteiger partial charge in [-0.25, -0.2) is 22.9 Å². The number of nitrogens with two attached hydrogens (primary N) is 1. The molecule has 2 aromatic rings. The van der Waals surface area contributed by atoms with Gasteiger partial charge < -0.3 is 5.32 Å². The van der Waals surface area contributed by atoms with Crippen LogP contribution in [0.5, 0.6) is 0 Å². The molecule has 3 N–H and O–H groups in total. The second-order valence-corrected chi connectivity index (χ2v) is 8.02. The maximum atomic E-state index is 13.7. The quantitative estimate of drug-likeness (QED) is 0.811. The van der Waals surface area contributed by atoms with Gasteiger partial charge in [-0.05, 0) is 24.1 Å². The number of hydrogen-bond acceptors (Lipinski definition) is 5. The molecule has 1 aromatic carbocycles. The Morgan fingerprint density at radius 2 is 2.12 bits per heavy atom. The van der Waals surface area contributed by atoms with Crippen LogP contribution in [-0.2, 0) is 16.4 Å². The van der Waals surface area contributed by atoms with Gasteiger partial charge in [-0.1, -0.05) is 13.8 Å². The van der Waals surface area contributed by atoms with Gasteiger partial charge in [0.2, 0.25) is 10.0 Å². The second kappa shape index (κ2) is 7.37. The fourth-order valence-corrected chi connectivity index (χ4v) is 3.44. The lowest BCUT2D eigenvalue weighted by atomic mass is 10.2. The normalized spacial score (nSPS) is 11.7. The molecule has 0 fully saturated rings. The Morgan fingerprint density at radius 3 is 2.71 bits per heavy atom. The van der Waals surface area contributed by atoms with Crippen LogP contribution in [0, 0.1) is 5.82 Å². The molecule has 1 amide bonds. The highest BCUT2D eigenvalue weighted by Gasteiger charge is 2.16. The molecule has 24 heavy (non-hydrogen) atoms. The number of amides is 1. The summed E-state index contributed by atoms with van der Waals surface area (Å²) in [7, 11) is -4.00. The first-order valence-electron chi connectivity index (χ1n) is 7.23. The fourth-order valence-electron chi connectivity index (χ4n) is 1.94. The lowest BCUT2D eigenvalue weighted by Gasteiger charge is -2.07. The first-order chi connectivity index (χ1) is 11.2. The summed E-state index contributed by atoms with van der Waals surface area (Å²) in [5, 5.41) is 10.4. The van der Waals surface area contributed by atoms with E-state index in [1.54, 1.807) is 0 Å². The summed E-state index contributed by atoms with van der Waals surface area (Å²) < 4.78 is 36.3. The van der Waals surface area contributed by atoms with Crippen molar-refractivity contribution in [2.75, 3.05) is 6.54 Å². The van der Waals surface area contributed by atoms with E-state index in [2.05, 4.69) is 10.3 Å². The number of hydrogen-bond donors (Lipinski definition) is 2. The minimum atomic E-state index is -4.00. The number of nitrogens with one attached hydrogen (secondary N) is 1. The maximum absolute atomic E-state index is 13.7. The zero-order valence-electron chi connectivity index (χ0n) is 13.2. The Kier molecular flexibility index (Phi) is 5.68. The molecular weight excluding hydrogens is 353 g/mol. The van der Waals surface area contributed by atoms with E-state index < -0.39 is 21.7 Å². The number of primary sulfonamides is 1. The summed E-state index contributed by atoms with van der Waals surface area (Å²) in [6, 6.07) is 2.86. The lowest BCUT2D eigenvalue weighted by Crippen LogP contribution is -2.27. The van der Waals surface area contributed by atoms with Crippen molar-refractivity contribution in [2.24, 2.45) is 5.14 Å². The van der Waals surface area contributed by atoms with Crippen molar-refractivity contribution in [3.63, 3.8) is 0 Å². The summed E-state index contributed by atoms with van der Waals surface area (Å²) in [6.07, 6.45) is 0.514. The van der Waals surface area contributed by atoms with Gasteiger partial charge in [0.1, 0.15) is 5.82 Å². The average Bonchev–Trinajstić information content (AvgIpc) is 2.95. The van der Waals surface area contributed by atoms with E-state index in [-0.39, 0.29) is 17.0 Å². The van der Waals surface area contributed by atoms with E-state index in [4.69, 9.17) is 5.14 Å². The number of sulfonamides is 1. The molecule has 0 unspecified atom stereocenters. The average molecular weight is 371 g/mol. The molecule has 0 spiro atoms. The van der Waals surface area contributed by atoms with Crippen molar-refractivity contribution in [2.45, 2.75) is 31.1 Å².